The molecule has 2 aromatic carbocycles. The highest BCUT2D eigenvalue weighted by Crippen LogP contribution is 2.64. The fourth-order valence-corrected chi connectivity index (χ4v) is 13.9. The van der Waals surface area contributed by atoms with Crippen LogP contribution in [0.15, 0.2) is 53.5 Å². The molecule has 0 radical (unpaired) electrons. The first kappa shape index (κ1) is 51.3. The molecule has 2 spiro atoms. The molecule has 6 heterocycles. The molecule has 73 heavy (non-hydrogen) atoms. The zero-order chi connectivity index (χ0) is 51.6. The van der Waals surface area contributed by atoms with Crippen molar-refractivity contribution < 1.29 is 33.5 Å². The van der Waals surface area contributed by atoms with Crippen LogP contribution >= 0.6 is 23.2 Å². The number of fused-ring (bicyclic) bond motifs is 4. The van der Waals surface area contributed by atoms with E-state index in [4.69, 9.17) is 23.2 Å². The number of nitrogens with zero attached hydrogens (tertiary/aromatic N) is 5. The second-order valence-corrected chi connectivity index (χ2v) is 23.3. The molecule has 4 aliphatic heterocycles. The topological polar surface area (TPSA) is 200 Å². The third-order valence-electron chi connectivity index (χ3n) is 17.6. The number of aromatic nitrogens is 3. The van der Waals surface area contributed by atoms with Crippen molar-refractivity contribution in [2.45, 2.75) is 145 Å². The van der Waals surface area contributed by atoms with E-state index < -0.39 is 52.7 Å². The number of halogens is 3. The van der Waals surface area contributed by atoms with Gasteiger partial charge in [0.25, 0.3) is 0 Å². The maximum Gasteiger partial charge on any atom is 0.329 e. The number of carboxylic acids is 1. The molecule has 4 aromatic rings. The van der Waals surface area contributed by atoms with Crippen molar-refractivity contribution in [1.82, 2.24) is 39.9 Å². The molecular formula is C54H66Cl2FN9O7. The second-order valence-electron chi connectivity index (χ2n) is 22.5. The van der Waals surface area contributed by atoms with Gasteiger partial charge in [0.2, 0.25) is 23.6 Å². The molecule has 2 aliphatic carbocycles. The predicted molar refractivity (Wildman–Crippen MR) is 275 cm³/mol. The van der Waals surface area contributed by atoms with Crippen molar-refractivity contribution in [3.05, 3.63) is 91.8 Å². The van der Waals surface area contributed by atoms with E-state index in [0.29, 0.717) is 67.1 Å². The van der Waals surface area contributed by atoms with Gasteiger partial charge in [-0.15, -0.1) is 0 Å². The van der Waals surface area contributed by atoms with Gasteiger partial charge in [-0.1, -0.05) is 55.6 Å². The number of hydrogen-bond donors (Lipinski definition) is 5. The normalized spacial score (nSPS) is 28.1. The Balaban J connectivity index is 0.741. The molecule has 0 bridgehead atoms. The van der Waals surface area contributed by atoms with E-state index in [9.17, 15) is 33.9 Å². The van der Waals surface area contributed by atoms with Crippen molar-refractivity contribution in [3.63, 3.8) is 0 Å². The molecule has 4 amide bonds. The summed E-state index contributed by atoms with van der Waals surface area (Å²) in [5, 5.41) is 23.1. The lowest BCUT2D eigenvalue weighted by atomic mass is 9.53. The Labute approximate surface area is 434 Å². The van der Waals surface area contributed by atoms with E-state index in [-0.39, 0.29) is 64.3 Å². The average molecular weight is 1040 g/mol. The monoisotopic (exact) mass is 1040 g/mol. The van der Waals surface area contributed by atoms with Gasteiger partial charge in [0.15, 0.2) is 11.0 Å². The van der Waals surface area contributed by atoms with E-state index >= 15 is 4.39 Å². The van der Waals surface area contributed by atoms with Crippen molar-refractivity contribution in [3.8, 4) is 0 Å². The highest BCUT2D eigenvalue weighted by Gasteiger charge is 2.73. The number of amides is 4. The van der Waals surface area contributed by atoms with Crippen LogP contribution in [0.2, 0.25) is 10.2 Å². The predicted octanol–water partition coefficient (Wildman–Crippen LogP) is 6.60. The van der Waals surface area contributed by atoms with Crippen LogP contribution < -0.4 is 27.0 Å². The minimum Gasteiger partial charge on any atom is -0.480 e. The number of hydrogen-bond acceptors (Lipinski definition) is 10. The zero-order valence-corrected chi connectivity index (χ0v) is 43.3. The number of carbonyl (C=O) groups is 5. The summed E-state index contributed by atoms with van der Waals surface area (Å²) >= 11 is 12.8. The maximum atomic E-state index is 16.4. The maximum absolute atomic E-state index is 16.4. The lowest BCUT2D eigenvalue weighted by Crippen LogP contribution is -2.61. The smallest absolute Gasteiger partial charge is 0.329 e. The largest absolute Gasteiger partial charge is 0.480 e. The third-order valence-corrected chi connectivity index (χ3v) is 18.1. The first-order valence-electron chi connectivity index (χ1n) is 26.1. The molecular weight excluding hydrogens is 977 g/mol. The van der Waals surface area contributed by atoms with Gasteiger partial charge in [-0.2, -0.15) is 0 Å². The number of pyridine rings is 1. The first-order valence-corrected chi connectivity index (χ1v) is 26.9. The van der Waals surface area contributed by atoms with Crippen LogP contribution in [-0.4, -0.2) is 115 Å². The number of anilines is 1. The molecule has 10 rings (SSSR count). The Morgan fingerprint density at radius 2 is 1.67 bits per heavy atom. The number of aryl methyl sites for hydroxylation is 2. The van der Waals surface area contributed by atoms with Crippen LogP contribution in [0.1, 0.15) is 126 Å². The number of rotatable bonds is 13. The Bertz CT molecular complexity index is 2910. The summed E-state index contributed by atoms with van der Waals surface area (Å²) in [7, 11) is 1.70. The summed E-state index contributed by atoms with van der Waals surface area (Å²) in [6, 6.07) is 10.3. The molecule has 19 heteroatoms. The molecule has 3 saturated heterocycles. The number of piperidine rings is 1. The van der Waals surface area contributed by atoms with E-state index in [1.165, 1.54) is 10.8 Å². The number of aliphatic carboxylic acids is 1. The molecule has 2 aromatic heterocycles. The lowest BCUT2D eigenvalue weighted by molar-refractivity contribution is -0.146. The quantitative estimate of drug-likeness (QED) is 0.0549. The number of carbonyl (C=O) groups excluding carboxylic acids is 4. The molecule has 1 unspecified atom stereocenters. The van der Waals surface area contributed by atoms with Gasteiger partial charge >= 0.3 is 11.7 Å². The van der Waals surface area contributed by atoms with E-state index in [1.807, 2.05) is 24.3 Å². The lowest BCUT2D eigenvalue weighted by Gasteiger charge is -2.50. The minimum atomic E-state index is -1.36. The van der Waals surface area contributed by atoms with Crippen LogP contribution in [0.3, 0.4) is 0 Å². The van der Waals surface area contributed by atoms with Crippen molar-refractivity contribution >= 4 is 69.5 Å². The summed E-state index contributed by atoms with van der Waals surface area (Å²) in [5.74, 6) is -3.66. The Morgan fingerprint density at radius 1 is 0.904 bits per heavy atom. The molecule has 390 valence electrons. The average Bonchev–Trinajstić information content (AvgIpc) is 3.91. The number of benzene rings is 2. The first-order chi connectivity index (χ1) is 34.9. The number of unbranched alkanes of at least 4 members (excludes halogenated alkanes) is 2. The van der Waals surface area contributed by atoms with Gasteiger partial charge in [0.05, 0.1) is 17.1 Å². The van der Waals surface area contributed by atoms with Crippen LogP contribution in [0.5, 0.6) is 0 Å². The third kappa shape index (κ3) is 9.39. The minimum absolute atomic E-state index is 0.00919. The second kappa shape index (κ2) is 20.2. The van der Waals surface area contributed by atoms with Crippen LogP contribution in [0.4, 0.5) is 10.1 Å². The van der Waals surface area contributed by atoms with Crippen LogP contribution in [0, 0.1) is 17.2 Å². The number of imidazole rings is 1. The van der Waals surface area contributed by atoms with Gasteiger partial charge < -0.3 is 15.7 Å². The van der Waals surface area contributed by atoms with Gasteiger partial charge in [0.1, 0.15) is 17.5 Å². The van der Waals surface area contributed by atoms with E-state index in [0.717, 1.165) is 75.5 Å². The van der Waals surface area contributed by atoms with Gasteiger partial charge in [-0.25, -0.2) is 14.2 Å². The summed E-state index contributed by atoms with van der Waals surface area (Å²) < 4.78 is 19.5. The van der Waals surface area contributed by atoms with Crippen LogP contribution in [0.25, 0.3) is 11.0 Å². The fourth-order valence-electron chi connectivity index (χ4n) is 13.6. The summed E-state index contributed by atoms with van der Waals surface area (Å²) in [6.45, 7) is 7.76. The molecule has 16 nitrogen and oxygen atoms in total. The van der Waals surface area contributed by atoms with Crippen molar-refractivity contribution in [2.75, 3.05) is 38.0 Å². The summed E-state index contributed by atoms with van der Waals surface area (Å²) in [5.41, 5.74) is 1.36. The Kier molecular flexibility index (Phi) is 14.2. The fraction of sp³-hybridized carbons (Fsp3) is 0.574. The van der Waals surface area contributed by atoms with Crippen molar-refractivity contribution in [1.29, 1.82) is 0 Å². The van der Waals surface area contributed by atoms with E-state index in [1.54, 1.807) is 29.8 Å². The number of carboxylic acid groups (broad SMARTS) is 1. The summed E-state index contributed by atoms with van der Waals surface area (Å²) in [4.78, 5) is 88.4. The van der Waals surface area contributed by atoms with Crippen LogP contribution in [-0.2, 0) is 42.9 Å². The molecule has 6 aliphatic rings. The number of imide groups is 1. The highest BCUT2D eigenvalue weighted by molar-refractivity contribution is 6.31. The number of piperazine rings is 1. The standard InChI is InChI=1S/C54H66Cl2FN9O7/c1-52(2)19-21-53(22-20-52)54(36-14-11-33(55)28-37(36)60-50(54)72)43(35-18-23-58-46(56)44(35)57)45(62-53)48(69)59-34-12-8-32(9-13-34)29-65-26-25-64(30-41(65)49(70)71)24-6-4-5-7-31-10-15-38-40(27-31)63(3)51(73)66(38)39-16-17-42(67)61-47(39)68/h10-11,14-15,18,23,27-28,32,34,39,41,43,45,62H,4-9,12-13,16-17,19-22,24-26,29-30H2,1-3H3,(H,59,69)(H,60,72)(H,70,71)(H,61,67,68)/t32?,34?,39?,41-,43-,45+,54+/m0/s1. The Morgan fingerprint density at radius 3 is 2.41 bits per heavy atom. The SMILES string of the molecule is Cn1c(=O)n(C2CCC(=O)NC2=O)c2ccc(CCCCCN3CCN(CC4CCC(NC(=O)[C@@H]5NC6(CCC(C)(C)CC6)[C@@]6(C(=O)Nc7cc(Cl)ccc76)[C@H]5c5ccnc(Cl)c5F)CC4)[C@H](C(=O)O)C3)cc21. The molecule has 2 saturated carbocycles. The molecule has 5 N–H and O–H groups in total. The van der Waals surface area contributed by atoms with Gasteiger partial charge in [-0.05, 0) is 142 Å². The van der Waals surface area contributed by atoms with Crippen molar-refractivity contribution in [2.24, 2.45) is 18.4 Å². The number of nitrogens with one attached hydrogen (secondary N) is 4. The van der Waals surface area contributed by atoms with Gasteiger partial charge in [0, 0.05) is 74.1 Å². The van der Waals surface area contributed by atoms with E-state index in [2.05, 4.69) is 49.9 Å². The summed E-state index contributed by atoms with van der Waals surface area (Å²) in [6.07, 6.45) is 11.3. The Hall–Kier alpha value is -5.20. The molecule has 5 fully saturated rings. The molecule has 5 atom stereocenters. The zero-order valence-electron chi connectivity index (χ0n) is 41.8. The highest BCUT2D eigenvalue weighted by atomic mass is 35.5. The van der Waals surface area contributed by atoms with Gasteiger partial charge in [-0.3, -0.25) is 53.5 Å².